The molecule has 0 heterocycles. The second-order valence-corrected chi connectivity index (χ2v) is 6.96. The third-order valence-corrected chi connectivity index (χ3v) is 4.72. The van der Waals surface area contributed by atoms with Gasteiger partial charge in [-0.1, -0.05) is 36.4 Å². The van der Waals surface area contributed by atoms with Gasteiger partial charge in [0.2, 0.25) is 6.10 Å². The van der Waals surface area contributed by atoms with Gasteiger partial charge in [0, 0.05) is 5.56 Å². The van der Waals surface area contributed by atoms with E-state index in [1.165, 1.54) is 38.5 Å². The first kappa shape index (κ1) is 22.6. The van der Waals surface area contributed by atoms with Gasteiger partial charge >= 0.3 is 11.9 Å². The highest BCUT2D eigenvalue weighted by Gasteiger charge is 2.26. The van der Waals surface area contributed by atoms with Crippen LogP contribution >= 0.6 is 0 Å². The van der Waals surface area contributed by atoms with Gasteiger partial charge in [0.1, 0.15) is 5.75 Å². The van der Waals surface area contributed by atoms with Gasteiger partial charge in [0.25, 0.3) is 5.91 Å². The van der Waals surface area contributed by atoms with Crippen LogP contribution in [0, 0.1) is 6.92 Å². The number of carbonyl (C=O) groups is 3. The molecule has 0 fully saturated rings. The number of benzene rings is 3. The molecule has 0 aliphatic rings. The van der Waals surface area contributed by atoms with Crippen LogP contribution in [-0.4, -0.2) is 32.1 Å². The first-order chi connectivity index (χ1) is 15.4. The average molecular weight is 433 g/mol. The molecule has 3 rings (SSSR count). The third-order valence-electron chi connectivity index (χ3n) is 4.72. The molecular formula is C25H23NO6. The van der Waals surface area contributed by atoms with Gasteiger partial charge in [-0.2, -0.15) is 0 Å². The van der Waals surface area contributed by atoms with Crippen molar-refractivity contribution in [2.24, 2.45) is 0 Å². The lowest BCUT2D eigenvalue weighted by Crippen LogP contribution is -2.26. The lowest BCUT2D eigenvalue weighted by Gasteiger charge is -2.19. The molecule has 3 aromatic rings. The molecule has 0 bridgehead atoms. The molecule has 32 heavy (non-hydrogen) atoms. The summed E-state index contributed by atoms with van der Waals surface area (Å²) in [5, 5.41) is 2.79. The summed E-state index contributed by atoms with van der Waals surface area (Å²) in [6.07, 6.45) is -1.20. The summed E-state index contributed by atoms with van der Waals surface area (Å²) >= 11 is 0. The molecule has 3 aromatic carbocycles. The Kier molecular flexibility index (Phi) is 7.23. The van der Waals surface area contributed by atoms with E-state index in [1.807, 2.05) is 13.0 Å². The number of esters is 2. The molecule has 7 nitrogen and oxygen atoms in total. The van der Waals surface area contributed by atoms with Crippen LogP contribution in [0.4, 0.5) is 5.69 Å². The lowest BCUT2D eigenvalue weighted by atomic mass is 10.1. The van der Waals surface area contributed by atoms with Crippen molar-refractivity contribution in [1.82, 2.24) is 0 Å². The Labute approximate surface area is 185 Å². The minimum absolute atomic E-state index is 0.194. The molecule has 0 aliphatic carbocycles. The Bertz CT molecular complexity index is 1110. The lowest BCUT2D eigenvalue weighted by molar-refractivity contribution is -0.125. The van der Waals surface area contributed by atoms with Gasteiger partial charge in [-0.15, -0.1) is 0 Å². The predicted molar refractivity (Wildman–Crippen MR) is 119 cm³/mol. The van der Waals surface area contributed by atoms with Crippen LogP contribution in [0.5, 0.6) is 5.75 Å². The predicted octanol–water partition coefficient (Wildman–Crippen LogP) is 4.33. The Morgan fingerprint density at radius 1 is 0.812 bits per heavy atom. The largest absolute Gasteiger partial charge is 0.495 e. The second kappa shape index (κ2) is 10.3. The quantitative estimate of drug-likeness (QED) is 0.558. The van der Waals surface area contributed by atoms with Crippen LogP contribution in [0.1, 0.15) is 37.9 Å². The zero-order chi connectivity index (χ0) is 23.1. The Morgan fingerprint density at radius 2 is 1.44 bits per heavy atom. The molecule has 164 valence electrons. The third kappa shape index (κ3) is 5.31. The van der Waals surface area contributed by atoms with E-state index in [4.69, 9.17) is 9.47 Å². The number of hydrogen-bond acceptors (Lipinski definition) is 6. The van der Waals surface area contributed by atoms with Gasteiger partial charge < -0.3 is 19.5 Å². The van der Waals surface area contributed by atoms with E-state index in [0.717, 1.165) is 5.56 Å². The van der Waals surface area contributed by atoms with Gasteiger partial charge in [0.15, 0.2) is 0 Å². The molecule has 0 saturated carbocycles. The van der Waals surface area contributed by atoms with Crippen molar-refractivity contribution < 1.29 is 28.6 Å². The van der Waals surface area contributed by atoms with Crippen molar-refractivity contribution in [3.8, 4) is 5.75 Å². The number of methoxy groups -OCH3 is 2. The summed E-state index contributed by atoms with van der Waals surface area (Å²) in [7, 11) is 2.78. The molecule has 1 amide bonds. The number of anilines is 1. The van der Waals surface area contributed by atoms with Gasteiger partial charge in [-0.3, -0.25) is 4.79 Å². The number of hydrogen-bond donors (Lipinski definition) is 1. The van der Waals surface area contributed by atoms with Crippen molar-refractivity contribution in [2.75, 3.05) is 19.5 Å². The van der Waals surface area contributed by atoms with Crippen LogP contribution in [0.3, 0.4) is 0 Å². The summed E-state index contributed by atoms with van der Waals surface area (Å²) in [6.45, 7) is 1.89. The molecule has 1 atom stereocenters. The number of aryl methyl sites for hydroxylation is 1. The Balaban J connectivity index is 1.85. The highest BCUT2D eigenvalue weighted by atomic mass is 16.5. The second-order valence-electron chi connectivity index (χ2n) is 6.96. The van der Waals surface area contributed by atoms with E-state index in [9.17, 15) is 14.4 Å². The molecule has 1 unspecified atom stereocenters. The molecule has 0 saturated heterocycles. The number of rotatable bonds is 7. The Morgan fingerprint density at radius 3 is 2.03 bits per heavy atom. The summed E-state index contributed by atoms with van der Waals surface area (Å²) < 4.78 is 15.6. The number of ether oxygens (including phenoxy) is 3. The summed E-state index contributed by atoms with van der Waals surface area (Å²) in [6, 6.07) is 19.9. The van der Waals surface area contributed by atoms with Crippen LogP contribution < -0.4 is 10.1 Å². The van der Waals surface area contributed by atoms with Gasteiger partial charge in [-0.25, -0.2) is 9.59 Å². The minimum atomic E-state index is -1.20. The maximum Gasteiger partial charge on any atom is 0.339 e. The first-order valence-corrected chi connectivity index (χ1v) is 9.82. The van der Waals surface area contributed by atoms with E-state index in [1.54, 1.807) is 42.5 Å². The smallest absolute Gasteiger partial charge is 0.339 e. The molecule has 0 spiro atoms. The first-order valence-electron chi connectivity index (χ1n) is 9.82. The molecule has 0 aliphatic heterocycles. The Hall–Kier alpha value is -4.13. The fraction of sp³-hybridized carbons (Fsp3) is 0.160. The van der Waals surface area contributed by atoms with Crippen LogP contribution in [-0.2, 0) is 14.3 Å². The van der Waals surface area contributed by atoms with Crippen LogP contribution in [0.2, 0.25) is 0 Å². The van der Waals surface area contributed by atoms with E-state index in [2.05, 4.69) is 10.1 Å². The van der Waals surface area contributed by atoms with Crippen molar-refractivity contribution in [1.29, 1.82) is 0 Å². The molecule has 7 heteroatoms. The van der Waals surface area contributed by atoms with Crippen molar-refractivity contribution in [3.63, 3.8) is 0 Å². The van der Waals surface area contributed by atoms with E-state index < -0.39 is 23.9 Å². The van der Waals surface area contributed by atoms with Crippen molar-refractivity contribution in [2.45, 2.75) is 13.0 Å². The fourth-order valence-corrected chi connectivity index (χ4v) is 3.05. The van der Waals surface area contributed by atoms with Gasteiger partial charge in [-0.05, 0) is 48.9 Å². The van der Waals surface area contributed by atoms with E-state index in [-0.39, 0.29) is 5.56 Å². The van der Waals surface area contributed by atoms with Crippen LogP contribution in [0.15, 0.2) is 72.8 Å². The highest BCUT2D eigenvalue weighted by molar-refractivity contribution is 5.99. The fourth-order valence-electron chi connectivity index (χ4n) is 3.05. The summed E-state index contributed by atoms with van der Waals surface area (Å²) in [5.41, 5.74) is 2.40. The maximum absolute atomic E-state index is 13.1. The molecule has 0 radical (unpaired) electrons. The summed E-state index contributed by atoms with van der Waals surface area (Å²) in [4.78, 5) is 37.5. The number of carbonyl (C=O) groups excluding carboxylic acids is 3. The van der Waals surface area contributed by atoms with E-state index in [0.29, 0.717) is 22.6 Å². The summed E-state index contributed by atoms with van der Waals surface area (Å²) in [5.74, 6) is -1.26. The number of nitrogens with one attached hydrogen (secondary N) is 1. The monoisotopic (exact) mass is 433 g/mol. The highest BCUT2D eigenvalue weighted by Crippen LogP contribution is 2.28. The molecule has 1 N–H and O–H groups in total. The van der Waals surface area contributed by atoms with Crippen molar-refractivity contribution in [3.05, 3.63) is 95.1 Å². The van der Waals surface area contributed by atoms with E-state index >= 15 is 0 Å². The molecule has 0 aromatic heterocycles. The SMILES string of the molecule is COC(=O)c1ccc(C(=O)OC(C(=O)Nc2cc(C)ccc2OC)c2ccccc2)cc1. The number of amides is 1. The van der Waals surface area contributed by atoms with Gasteiger partial charge in [0.05, 0.1) is 31.0 Å². The topological polar surface area (TPSA) is 90.9 Å². The standard InChI is InChI=1S/C25H23NO6/c1-16-9-14-21(30-2)20(15-16)26-23(27)22(17-7-5-4-6-8-17)32-25(29)19-12-10-18(11-13-19)24(28)31-3/h4-15,22H,1-3H3,(H,26,27). The zero-order valence-corrected chi connectivity index (χ0v) is 18.0. The van der Waals surface area contributed by atoms with Crippen LogP contribution in [0.25, 0.3) is 0 Å². The maximum atomic E-state index is 13.1. The minimum Gasteiger partial charge on any atom is -0.495 e. The normalized spacial score (nSPS) is 11.2. The van der Waals surface area contributed by atoms with Crippen molar-refractivity contribution >= 4 is 23.5 Å². The molecular weight excluding hydrogens is 410 g/mol. The zero-order valence-electron chi connectivity index (χ0n) is 18.0. The average Bonchev–Trinajstić information content (AvgIpc) is 2.82.